The van der Waals surface area contributed by atoms with Gasteiger partial charge >= 0.3 is 0 Å². The maximum Gasteiger partial charge on any atom is 0.224 e. The molecule has 128 valence electrons. The summed E-state index contributed by atoms with van der Waals surface area (Å²) in [5.41, 5.74) is 1.77. The van der Waals surface area contributed by atoms with Gasteiger partial charge in [-0.25, -0.2) is 9.37 Å². The van der Waals surface area contributed by atoms with Gasteiger partial charge in [-0.05, 0) is 42.8 Å². The van der Waals surface area contributed by atoms with E-state index in [2.05, 4.69) is 10.3 Å². The van der Waals surface area contributed by atoms with E-state index < -0.39 is 0 Å². The number of carbonyl (C=O) groups is 1. The Kier molecular flexibility index (Phi) is 5.74. The highest BCUT2D eigenvalue weighted by Crippen LogP contribution is 2.23. The molecule has 4 nitrogen and oxygen atoms in total. The van der Waals surface area contributed by atoms with E-state index >= 15 is 0 Å². The molecule has 0 spiro atoms. The summed E-state index contributed by atoms with van der Waals surface area (Å²) in [6.07, 6.45) is 2.66. The molecular weight excluding hydrogens is 339 g/mol. The average Bonchev–Trinajstić information content (AvgIpc) is 3.14. The lowest BCUT2D eigenvalue weighted by atomic mass is 10.2. The summed E-state index contributed by atoms with van der Waals surface area (Å²) in [5.74, 6) is 0.0551. The van der Waals surface area contributed by atoms with E-state index in [-0.39, 0.29) is 11.7 Å². The number of carbonyl (C=O) groups excluding carboxylic acids is 1. The quantitative estimate of drug-likeness (QED) is 0.622. The summed E-state index contributed by atoms with van der Waals surface area (Å²) in [4.78, 5) is 16.2. The predicted molar refractivity (Wildman–Crippen MR) is 97.3 cm³/mol. The molecule has 0 aliphatic heterocycles. The van der Waals surface area contributed by atoms with Crippen LogP contribution in [0.5, 0.6) is 5.75 Å². The third-order valence-electron chi connectivity index (χ3n) is 3.46. The number of aromatic nitrogens is 1. The number of thiazole rings is 1. The first-order chi connectivity index (χ1) is 12.2. The summed E-state index contributed by atoms with van der Waals surface area (Å²) in [6.45, 7) is 0.361. The molecule has 6 heteroatoms. The average molecular weight is 356 g/mol. The molecule has 2 aromatic carbocycles. The minimum atomic E-state index is -0.337. The second-order valence-electron chi connectivity index (χ2n) is 5.37. The highest BCUT2D eigenvalue weighted by Gasteiger charge is 2.05. The summed E-state index contributed by atoms with van der Waals surface area (Å²) in [7, 11) is 0. The molecule has 0 bridgehead atoms. The monoisotopic (exact) mass is 356 g/mol. The largest absolute Gasteiger partial charge is 0.493 e. The molecule has 3 rings (SSSR count). The van der Waals surface area contributed by atoms with Crippen LogP contribution in [0.3, 0.4) is 0 Å². The smallest absolute Gasteiger partial charge is 0.224 e. The first-order valence-corrected chi connectivity index (χ1v) is 8.77. The van der Waals surface area contributed by atoms with Crippen LogP contribution in [-0.4, -0.2) is 17.5 Å². The molecule has 1 heterocycles. The van der Waals surface area contributed by atoms with Gasteiger partial charge in [-0.1, -0.05) is 6.07 Å². The Hall–Kier alpha value is -2.73. The van der Waals surface area contributed by atoms with Gasteiger partial charge in [0, 0.05) is 35.3 Å². The van der Waals surface area contributed by atoms with Gasteiger partial charge in [-0.15, -0.1) is 11.3 Å². The van der Waals surface area contributed by atoms with Crippen LogP contribution < -0.4 is 10.1 Å². The molecule has 0 fully saturated rings. The van der Waals surface area contributed by atoms with Crippen LogP contribution in [0.2, 0.25) is 0 Å². The van der Waals surface area contributed by atoms with Crippen molar-refractivity contribution in [3.63, 3.8) is 0 Å². The number of rotatable bonds is 7. The predicted octanol–water partition coefficient (Wildman–Crippen LogP) is 4.75. The normalized spacial score (nSPS) is 10.4. The molecule has 0 aliphatic carbocycles. The number of ether oxygens (including phenoxy) is 1. The van der Waals surface area contributed by atoms with Crippen LogP contribution in [0.4, 0.5) is 10.1 Å². The maximum absolute atomic E-state index is 13.0. The van der Waals surface area contributed by atoms with Crippen molar-refractivity contribution in [1.82, 2.24) is 4.98 Å². The summed E-state index contributed by atoms with van der Waals surface area (Å²) in [5, 5.41) is 5.73. The lowest BCUT2D eigenvalue weighted by molar-refractivity contribution is -0.116. The van der Waals surface area contributed by atoms with Gasteiger partial charge in [0.1, 0.15) is 16.6 Å². The summed E-state index contributed by atoms with van der Waals surface area (Å²) in [6, 6.07) is 13.5. The zero-order chi connectivity index (χ0) is 17.5. The first kappa shape index (κ1) is 17.1. The second-order valence-corrected chi connectivity index (χ2v) is 6.27. The number of nitrogens with one attached hydrogen (secondary N) is 1. The van der Waals surface area contributed by atoms with Crippen LogP contribution in [0, 0.1) is 5.82 Å². The topological polar surface area (TPSA) is 51.2 Å². The highest BCUT2D eigenvalue weighted by molar-refractivity contribution is 7.13. The van der Waals surface area contributed by atoms with Gasteiger partial charge < -0.3 is 10.1 Å². The molecule has 0 unspecified atom stereocenters. The number of halogens is 1. The molecule has 3 aromatic rings. The Morgan fingerprint density at radius 1 is 1.20 bits per heavy atom. The third-order valence-corrected chi connectivity index (χ3v) is 4.28. The molecule has 0 radical (unpaired) electrons. The van der Waals surface area contributed by atoms with Gasteiger partial charge in [0.15, 0.2) is 0 Å². The Morgan fingerprint density at radius 2 is 2.04 bits per heavy atom. The fourth-order valence-electron chi connectivity index (χ4n) is 2.27. The van der Waals surface area contributed by atoms with Crippen molar-refractivity contribution in [1.29, 1.82) is 0 Å². The van der Waals surface area contributed by atoms with E-state index in [1.165, 1.54) is 12.1 Å². The van der Waals surface area contributed by atoms with Gasteiger partial charge in [-0.3, -0.25) is 4.79 Å². The number of benzene rings is 2. The molecule has 0 saturated carbocycles. The standard InChI is InChI=1S/C19H17FN2O2S/c20-15-3-1-4-17(13-15)24-11-2-5-18(23)22-16-8-6-14(7-9-16)19-21-10-12-25-19/h1,3-4,6-10,12-13H,2,5,11H2,(H,22,23). The Balaban J connectivity index is 1.41. The minimum Gasteiger partial charge on any atom is -0.493 e. The molecule has 1 amide bonds. The van der Waals surface area contributed by atoms with Crippen molar-refractivity contribution in [3.8, 4) is 16.3 Å². The lowest BCUT2D eigenvalue weighted by Crippen LogP contribution is -2.12. The summed E-state index contributed by atoms with van der Waals surface area (Å²) >= 11 is 1.57. The minimum absolute atomic E-state index is 0.0789. The van der Waals surface area contributed by atoms with Crippen LogP contribution in [0.15, 0.2) is 60.1 Å². The fraction of sp³-hybridized carbons (Fsp3) is 0.158. The van der Waals surface area contributed by atoms with Gasteiger partial charge in [-0.2, -0.15) is 0 Å². The Labute approximate surface area is 149 Å². The van der Waals surface area contributed by atoms with Crippen LogP contribution in [-0.2, 0) is 4.79 Å². The van der Waals surface area contributed by atoms with Crippen molar-refractivity contribution in [2.75, 3.05) is 11.9 Å². The van der Waals surface area contributed by atoms with Crippen LogP contribution in [0.25, 0.3) is 10.6 Å². The zero-order valence-electron chi connectivity index (χ0n) is 13.4. The molecule has 0 atom stereocenters. The van der Waals surface area contributed by atoms with Crippen LogP contribution in [0.1, 0.15) is 12.8 Å². The number of nitrogens with zero attached hydrogens (tertiary/aromatic N) is 1. The molecule has 0 saturated heterocycles. The molecule has 0 aliphatic rings. The van der Waals surface area contributed by atoms with E-state index in [9.17, 15) is 9.18 Å². The first-order valence-electron chi connectivity index (χ1n) is 7.89. The lowest BCUT2D eigenvalue weighted by Gasteiger charge is -2.07. The Morgan fingerprint density at radius 3 is 2.76 bits per heavy atom. The number of hydrogen-bond acceptors (Lipinski definition) is 4. The summed E-state index contributed by atoms with van der Waals surface area (Å²) < 4.78 is 18.4. The zero-order valence-corrected chi connectivity index (χ0v) is 14.3. The third kappa shape index (κ3) is 5.12. The van der Waals surface area contributed by atoms with Crippen molar-refractivity contribution in [2.24, 2.45) is 0 Å². The highest BCUT2D eigenvalue weighted by atomic mass is 32.1. The van der Waals surface area contributed by atoms with Crippen molar-refractivity contribution < 1.29 is 13.9 Å². The number of anilines is 1. The SMILES string of the molecule is O=C(CCCOc1cccc(F)c1)Nc1ccc(-c2nccs2)cc1. The van der Waals surface area contributed by atoms with E-state index in [4.69, 9.17) is 4.74 Å². The second kappa shape index (κ2) is 8.39. The van der Waals surface area contributed by atoms with Gasteiger partial charge in [0.05, 0.1) is 6.61 Å². The molecule has 1 aromatic heterocycles. The van der Waals surface area contributed by atoms with Crippen molar-refractivity contribution in [3.05, 3.63) is 65.9 Å². The maximum atomic E-state index is 13.0. The fourth-order valence-corrected chi connectivity index (χ4v) is 2.91. The molecule has 1 N–H and O–H groups in total. The van der Waals surface area contributed by atoms with E-state index in [0.717, 1.165) is 16.3 Å². The number of hydrogen-bond donors (Lipinski definition) is 1. The van der Waals surface area contributed by atoms with E-state index in [1.807, 2.05) is 29.6 Å². The van der Waals surface area contributed by atoms with Crippen molar-refractivity contribution in [2.45, 2.75) is 12.8 Å². The van der Waals surface area contributed by atoms with Crippen LogP contribution >= 0.6 is 11.3 Å². The molecule has 25 heavy (non-hydrogen) atoms. The number of amides is 1. The van der Waals surface area contributed by atoms with Crippen molar-refractivity contribution >= 4 is 22.9 Å². The van der Waals surface area contributed by atoms with E-state index in [1.54, 1.807) is 29.7 Å². The molecular formula is C19H17FN2O2S. The van der Waals surface area contributed by atoms with E-state index in [0.29, 0.717) is 25.2 Å². The Bertz CT molecular complexity index is 820. The van der Waals surface area contributed by atoms with Gasteiger partial charge in [0.25, 0.3) is 0 Å². The van der Waals surface area contributed by atoms with Gasteiger partial charge in [0.2, 0.25) is 5.91 Å².